The maximum atomic E-state index is 5.50. The number of aromatic nitrogens is 6. The highest BCUT2D eigenvalue weighted by Gasteiger charge is 2.39. The van der Waals surface area contributed by atoms with Crippen LogP contribution >= 0.6 is 0 Å². The van der Waals surface area contributed by atoms with Gasteiger partial charge in [-0.25, -0.2) is 4.98 Å². The molecule has 0 aliphatic carbocycles. The summed E-state index contributed by atoms with van der Waals surface area (Å²) in [6, 6.07) is 8.17. The Kier molecular flexibility index (Phi) is 5.62. The molecule has 1 aliphatic rings. The molecular weight excluding hydrogens is 404 g/mol. The van der Waals surface area contributed by atoms with Gasteiger partial charge in [-0.2, -0.15) is 15.0 Å². The normalized spacial score (nSPS) is 17.8. The molecule has 1 aliphatic heterocycles. The number of piperidine rings is 1. The van der Waals surface area contributed by atoms with Crippen LogP contribution in [0.15, 0.2) is 30.5 Å². The van der Waals surface area contributed by atoms with Gasteiger partial charge < -0.3 is 15.0 Å². The van der Waals surface area contributed by atoms with Crippen molar-refractivity contribution in [3.05, 3.63) is 30.5 Å². The number of methoxy groups -OCH3 is 1. The first-order chi connectivity index (χ1) is 15.1. The Bertz CT molecular complexity index is 1070. The molecule has 32 heavy (non-hydrogen) atoms. The summed E-state index contributed by atoms with van der Waals surface area (Å²) < 4.78 is 5.50. The second kappa shape index (κ2) is 8.12. The molecule has 0 unspecified atom stereocenters. The minimum Gasteiger partial charge on any atom is -0.480 e. The van der Waals surface area contributed by atoms with Crippen LogP contribution in [0.5, 0.6) is 5.88 Å². The minimum absolute atomic E-state index is 0.0688. The maximum absolute atomic E-state index is 5.50. The van der Waals surface area contributed by atoms with Crippen molar-refractivity contribution in [1.29, 1.82) is 0 Å². The standard InChI is InChI=1S/C23H32N8O/c1-22(2)12-15(13-23(3,4)29-22)30(5)20-11-10-18(26-27-20)17-9-8-16(21(25-17)32-7)19-14-24-31(6)28-19/h8-11,14-15,29H,12-13H2,1-7H3. The molecule has 0 radical (unpaired) electrons. The van der Waals surface area contributed by atoms with E-state index >= 15 is 0 Å². The molecule has 1 saturated heterocycles. The minimum atomic E-state index is 0.0688. The number of pyridine rings is 1. The second-order valence-electron chi connectivity index (χ2n) is 9.82. The van der Waals surface area contributed by atoms with E-state index < -0.39 is 0 Å². The Labute approximate surface area is 189 Å². The van der Waals surface area contributed by atoms with Crippen LogP contribution in [0, 0.1) is 0 Å². The van der Waals surface area contributed by atoms with Crippen LogP contribution in [0.4, 0.5) is 5.82 Å². The van der Waals surface area contributed by atoms with Gasteiger partial charge in [-0.1, -0.05) is 0 Å². The average molecular weight is 437 g/mol. The van der Waals surface area contributed by atoms with E-state index in [4.69, 9.17) is 4.74 Å². The van der Waals surface area contributed by atoms with Crippen molar-refractivity contribution in [2.45, 2.75) is 57.7 Å². The largest absolute Gasteiger partial charge is 0.480 e. The number of rotatable bonds is 5. The monoisotopic (exact) mass is 436 g/mol. The Balaban J connectivity index is 1.56. The Hall–Kier alpha value is -3.07. The smallest absolute Gasteiger partial charge is 0.223 e. The Morgan fingerprint density at radius 2 is 1.69 bits per heavy atom. The lowest BCUT2D eigenvalue weighted by atomic mass is 9.79. The topological polar surface area (TPSA) is 93.9 Å². The molecule has 0 aromatic carbocycles. The molecule has 0 spiro atoms. The Morgan fingerprint density at radius 1 is 1.00 bits per heavy atom. The van der Waals surface area contributed by atoms with Crippen molar-refractivity contribution in [3.63, 3.8) is 0 Å². The number of hydrogen-bond acceptors (Lipinski definition) is 8. The third kappa shape index (κ3) is 4.57. The summed E-state index contributed by atoms with van der Waals surface area (Å²) in [5.74, 6) is 1.33. The van der Waals surface area contributed by atoms with Gasteiger partial charge in [0.2, 0.25) is 5.88 Å². The zero-order valence-electron chi connectivity index (χ0n) is 19.9. The lowest BCUT2D eigenvalue weighted by molar-refractivity contribution is 0.160. The highest BCUT2D eigenvalue weighted by molar-refractivity contribution is 5.68. The molecule has 0 atom stereocenters. The molecule has 3 aromatic heterocycles. The molecular formula is C23H32N8O. The van der Waals surface area contributed by atoms with Gasteiger partial charge in [0.15, 0.2) is 5.82 Å². The molecule has 0 amide bonds. The van der Waals surface area contributed by atoms with E-state index in [2.05, 4.69) is 70.3 Å². The first-order valence-electron chi connectivity index (χ1n) is 10.8. The summed E-state index contributed by atoms with van der Waals surface area (Å²) in [6.07, 6.45) is 3.77. The van der Waals surface area contributed by atoms with Crippen LogP contribution in [-0.2, 0) is 7.05 Å². The molecule has 4 heterocycles. The number of nitrogens with zero attached hydrogens (tertiary/aromatic N) is 7. The van der Waals surface area contributed by atoms with Crippen LogP contribution in [0.3, 0.4) is 0 Å². The lowest BCUT2D eigenvalue weighted by Crippen LogP contribution is -2.62. The molecule has 4 rings (SSSR count). The predicted molar refractivity (Wildman–Crippen MR) is 125 cm³/mol. The van der Waals surface area contributed by atoms with Gasteiger partial charge in [0, 0.05) is 31.2 Å². The van der Waals surface area contributed by atoms with Gasteiger partial charge >= 0.3 is 0 Å². The second-order valence-corrected chi connectivity index (χ2v) is 9.82. The highest BCUT2D eigenvalue weighted by atomic mass is 16.5. The summed E-state index contributed by atoms with van der Waals surface area (Å²) in [5, 5.41) is 21.2. The molecule has 9 nitrogen and oxygen atoms in total. The van der Waals surface area contributed by atoms with Crippen molar-refractivity contribution in [2.24, 2.45) is 7.05 Å². The fraction of sp³-hybridized carbons (Fsp3) is 0.522. The van der Waals surface area contributed by atoms with E-state index in [1.54, 1.807) is 20.4 Å². The molecule has 9 heteroatoms. The quantitative estimate of drug-likeness (QED) is 0.652. The SMILES string of the molecule is COc1nc(-c2ccc(N(C)C3CC(C)(C)NC(C)(C)C3)nn2)ccc1-c1cnn(C)n1. The fourth-order valence-corrected chi connectivity index (χ4v) is 4.78. The van der Waals surface area contributed by atoms with Crippen molar-refractivity contribution in [1.82, 2.24) is 35.5 Å². The number of ether oxygens (including phenoxy) is 1. The van der Waals surface area contributed by atoms with E-state index in [1.165, 1.54) is 4.80 Å². The summed E-state index contributed by atoms with van der Waals surface area (Å²) >= 11 is 0. The zero-order chi connectivity index (χ0) is 23.1. The molecule has 3 aromatic rings. The van der Waals surface area contributed by atoms with E-state index in [-0.39, 0.29) is 11.1 Å². The number of aryl methyl sites for hydroxylation is 1. The van der Waals surface area contributed by atoms with Crippen LogP contribution in [0.1, 0.15) is 40.5 Å². The van der Waals surface area contributed by atoms with Crippen LogP contribution in [0.25, 0.3) is 22.6 Å². The van der Waals surface area contributed by atoms with Gasteiger partial charge in [0.05, 0.1) is 24.6 Å². The van der Waals surface area contributed by atoms with Gasteiger partial charge in [-0.15, -0.1) is 10.2 Å². The van der Waals surface area contributed by atoms with Gasteiger partial charge in [-0.3, -0.25) is 0 Å². The summed E-state index contributed by atoms with van der Waals surface area (Å²) in [6.45, 7) is 9.03. The number of hydrogen-bond donors (Lipinski definition) is 1. The third-order valence-corrected chi connectivity index (χ3v) is 5.92. The number of nitrogens with one attached hydrogen (secondary N) is 1. The van der Waals surface area contributed by atoms with Crippen LogP contribution in [0.2, 0.25) is 0 Å². The predicted octanol–water partition coefficient (Wildman–Crippen LogP) is 3.09. The van der Waals surface area contributed by atoms with Crippen molar-refractivity contribution < 1.29 is 4.74 Å². The molecule has 0 saturated carbocycles. The van der Waals surface area contributed by atoms with Crippen LogP contribution < -0.4 is 15.0 Å². The summed E-state index contributed by atoms with van der Waals surface area (Å²) in [4.78, 5) is 8.38. The highest BCUT2D eigenvalue weighted by Crippen LogP contribution is 2.33. The first kappa shape index (κ1) is 22.1. The van der Waals surface area contributed by atoms with Crippen molar-refractivity contribution in [2.75, 3.05) is 19.1 Å². The van der Waals surface area contributed by atoms with Gasteiger partial charge in [0.25, 0.3) is 0 Å². The van der Waals surface area contributed by atoms with Crippen LogP contribution in [-0.4, -0.2) is 61.5 Å². The van der Waals surface area contributed by atoms with Crippen molar-refractivity contribution in [3.8, 4) is 28.5 Å². The summed E-state index contributed by atoms with van der Waals surface area (Å²) in [5.41, 5.74) is 3.01. The molecule has 0 bridgehead atoms. The van der Waals surface area contributed by atoms with E-state index in [1.807, 2.05) is 24.3 Å². The molecule has 1 N–H and O–H groups in total. The lowest BCUT2D eigenvalue weighted by Gasteiger charge is -2.49. The zero-order valence-corrected chi connectivity index (χ0v) is 19.9. The first-order valence-corrected chi connectivity index (χ1v) is 10.8. The number of anilines is 1. The molecule has 1 fully saturated rings. The summed E-state index contributed by atoms with van der Waals surface area (Å²) in [7, 11) is 5.47. The maximum Gasteiger partial charge on any atom is 0.223 e. The van der Waals surface area contributed by atoms with E-state index in [9.17, 15) is 0 Å². The van der Waals surface area contributed by atoms with Gasteiger partial charge in [-0.05, 0) is 64.8 Å². The Morgan fingerprint density at radius 3 is 2.25 bits per heavy atom. The van der Waals surface area contributed by atoms with Gasteiger partial charge in [0.1, 0.15) is 11.4 Å². The molecule has 170 valence electrons. The van der Waals surface area contributed by atoms with E-state index in [0.29, 0.717) is 29.0 Å². The third-order valence-electron chi connectivity index (χ3n) is 5.92. The average Bonchev–Trinajstić information content (AvgIpc) is 3.16. The van der Waals surface area contributed by atoms with E-state index in [0.717, 1.165) is 24.2 Å². The fourth-order valence-electron chi connectivity index (χ4n) is 4.78. The van der Waals surface area contributed by atoms with Crippen molar-refractivity contribution >= 4 is 5.82 Å².